The predicted octanol–water partition coefficient (Wildman–Crippen LogP) is 3.61. The Labute approximate surface area is 132 Å². The lowest BCUT2D eigenvalue weighted by molar-refractivity contribution is 0.491. The number of nitrogens with two attached hydrogens (primary N) is 1. The molecule has 3 N–H and O–H groups in total. The maximum atomic E-state index is 6.20. The number of aryl methyl sites for hydroxylation is 1. The molecule has 0 aliphatic heterocycles. The normalized spacial score (nSPS) is 12.7. The second-order valence-corrected chi connectivity index (χ2v) is 5.60. The average Bonchev–Trinajstić information content (AvgIpc) is 2.79. The molecule has 0 aliphatic carbocycles. The zero-order chi connectivity index (χ0) is 14.7. The van der Waals surface area contributed by atoms with E-state index in [9.17, 15) is 0 Å². The van der Waals surface area contributed by atoms with Crippen molar-refractivity contribution in [3.05, 3.63) is 50.7 Å². The highest BCUT2D eigenvalue weighted by Gasteiger charge is 2.20. The lowest BCUT2D eigenvalue weighted by Gasteiger charge is -2.18. The van der Waals surface area contributed by atoms with Gasteiger partial charge in [-0.1, -0.05) is 40.9 Å². The number of nitrogens with zero attached hydrogens (tertiary/aromatic N) is 2. The Kier molecular flexibility index (Phi) is 5.29. The van der Waals surface area contributed by atoms with Crippen molar-refractivity contribution in [3.8, 4) is 0 Å². The van der Waals surface area contributed by atoms with Gasteiger partial charge in [-0.2, -0.15) is 5.10 Å². The van der Waals surface area contributed by atoms with Crippen LogP contribution in [0.3, 0.4) is 0 Å². The van der Waals surface area contributed by atoms with Gasteiger partial charge in [-0.15, -0.1) is 0 Å². The van der Waals surface area contributed by atoms with Crippen molar-refractivity contribution in [2.24, 2.45) is 5.84 Å². The number of aromatic nitrogens is 2. The summed E-state index contributed by atoms with van der Waals surface area (Å²) in [6.45, 7) is 2.71. The van der Waals surface area contributed by atoms with Crippen LogP contribution in [0.2, 0.25) is 15.1 Å². The van der Waals surface area contributed by atoms with Crippen LogP contribution < -0.4 is 11.3 Å². The van der Waals surface area contributed by atoms with Crippen molar-refractivity contribution in [3.63, 3.8) is 0 Å². The predicted molar refractivity (Wildman–Crippen MR) is 83.1 cm³/mol. The van der Waals surface area contributed by atoms with E-state index in [1.54, 1.807) is 18.3 Å². The fourth-order valence-electron chi connectivity index (χ4n) is 2.11. The van der Waals surface area contributed by atoms with Crippen molar-refractivity contribution in [1.29, 1.82) is 0 Å². The van der Waals surface area contributed by atoms with E-state index in [4.69, 9.17) is 40.6 Å². The molecule has 0 amide bonds. The second kappa shape index (κ2) is 6.78. The summed E-state index contributed by atoms with van der Waals surface area (Å²) >= 11 is 18.3. The van der Waals surface area contributed by atoms with Gasteiger partial charge in [0.05, 0.1) is 23.0 Å². The van der Waals surface area contributed by atoms with E-state index in [0.29, 0.717) is 28.0 Å². The van der Waals surface area contributed by atoms with Crippen LogP contribution in [-0.2, 0) is 13.0 Å². The van der Waals surface area contributed by atoms with Crippen LogP contribution in [-0.4, -0.2) is 9.78 Å². The first-order valence-electron chi connectivity index (χ1n) is 6.18. The average molecular weight is 334 g/mol. The van der Waals surface area contributed by atoms with Gasteiger partial charge < -0.3 is 0 Å². The van der Waals surface area contributed by atoms with E-state index in [1.807, 2.05) is 17.7 Å². The molecule has 0 saturated carbocycles. The van der Waals surface area contributed by atoms with Crippen molar-refractivity contribution < 1.29 is 0 Å². The number of halogens is 3. The van der Waals surface area contributed by atoms with Gasteiger partial charge in [-0.05, 0) is 31.0 Å². The molecule has 1 atom stereocenters. The molecule has 2 aromatic rings. The molecular weight excluding hydrogens is 319 g/mol. The van der Waals surface area contributed by atoms with Crippen molar-refractivity contribution in [1.82, 2.24) is 15.2 Å². The lowest BCUT2D eigenvalue weighted by atomic mass is 10.0. The van der Waals surface area contributed by atoms with Gasteiger partial charge in [-0.25, -0.2) is 0 Å². The third-order valence-electron chi connectivity index (χ3n) is 3.10. The molecule has 0 saturated heterocycles. The van der Waals surface area contributed by atoms with E-state index < -0.39 is 0 Å². The van der Waals surface area contributed by atoms with Crippen LogP contribution in [0.5, 0.6) is 0 Å². The van der Waals surface area contributed by atoms with Crippen molar-refractivity contribution >= 4 is 34.8 Å². The number of rotatable bonds is 5. The van der Waals surface area contributed by atoms with Crippen molar-refractivity contribution in [2.45, 2.75) is 25.9 Å². The van der Waals surface area contributed by atoms with E-state index >= 15 is 0 Å². The number of nitrogens with one attached hydrogen (secondary N) is 1. The molecule has 0 aliphatic rings. The zero-order valence-corrected chi connectivity index (χ0v) is 13.2. The van der Waals surface area contributed by atoms with E-state index in [1.165, 1.54) is 0 Å². The monoisotopic (exact) mass is 332 g/mol. The molecule has 0 radical (unpaired) electrons. The highest BCUT2D eigenvalue weighted by Crippen LogP contribution is 2.29. The molecule has 4 nitrogen and oxygen atoms in total. The lowest BCUT2D eigenvalue weighted by Crippen LogP contribution is -2.31. The molecule has 1 aromatic carbocycles. The summed E-state index contributed by atoms with van der Waals surface area (Å²) in [4.78, 5) is 0. The Morgan fingerprint density at radius 2 is 2.05 bits per heavy atom. The summed E-state index contributed by atoms with van der Waals surface area (Å²) in [6.07, 6.45) is 2.21. The maximum absolute atomic E-state index is 6.20. The molecule has 108 valence electrons. The Balaban J connectivity index is 2.31. The Bertz CT molecular complexity index is 597. The summed E-state index contributed by atoms with van der Waals surface area (Å²) in [7, 11) is 0. The standard InChI is InChI=1S/C13H15Cl3N4/c1-2-20-13(11(16)7-18-20)12(19-17)5-8-3-4-9(14)6-10(8)15/h3-4,6-7,12,19H,2,5,17H2,1H3. The first-order valence-corrected chi connectivity index (χ1v) is 7.31. The van der Waals surface area contributed by atoms with Gasteiger partial charge in [0.25, 0.3) is 0 Å². The Morgan fingerprint density at radius 3 is 2.65 bits per heavy atom. The van der Waals surface area contributed by atoms with E-state index in [2.05, 4.69) is 10.5 Å². The molecule has 20 heavy (non-hydrogen) atoms. The third kappa shape index (κ3) is 3.27. The van der Waals surface area contributed by atoms with Crippen LogP contribution in [0, 0.1) is 0 Å². The van der Waals surface area contributed by atoms with Crippen LogP contribution >= 0.6 is 34.8 Å². The summed E-state index contributed by atoms with van der Waals surface area (Å²) in [6, 6.07) is 5.22. The highest BCUT2D eigenvalue weighted by atomic mass is 35.5. The molecule has 1 unspecified atom stereocenters. The highest BCUT2D eigenvalue weighted by molar-refractivity contribution is 6.35. The minimum Gasteiger partial charge on any atom is -0.271 e. The molecule has 2 rings (SSSR count). The van der Waals surface area contributed by atoms with E-state index in [0.717, 1.165) is 11.3 Å². The Hall–Kier alpha value is -0.780. The third-order valence-corrected chi connectivity index (χ3v) is 3.98. The molecule has 1 heterocycles. The second-order valence-electron chi connectivity index (χ2n) is 4.35. The molecule has 0 fully saturated rings. The summed E-state index contributed by atoms with van der Waals surface area (Å²) in [5, 5.41) is 6.01. The SMILES string of the molecule is CCn1ncc(Cl)c1C(Cc1ccc(Cl)cc1Cl)NN. The van der Waals surface area contributed by atoms with Crippen LogP contribution in [0.15, 0.2) is 24.4 Å². The summed E-state index contributed by atoms with van der Waals surface area (Å²) in [5.74, 6) is 5.67. The Morgan fingerprint density at radius 1 is 1.30 bits per heavy atom. The topological polar surface area (TPSA) is 55.9 Å². The first-order chi connectivity index (χ1) is 9.56. The van der Waals surface area contributed by atoms with Gasteiger partial charge in [0.2, 0.25) is 0 Å². The maximum Gasteiger partial charge on any atom is 0.0834 e. The number of hydrazine groups is 1. The van der Waals surface area contributed by atoms with Gasteiger partial charge in [0, 0.05) is 16.6 Å². The van der Waals surface area contributed by atoms with Gasteiger partial charge in [0.1, 0.15) is 0 Å². The molecule has 1 aromatic heterocycles. The summed E-state index contributed by atoms with van der Waals surface area (Å²) in [5.41, 5.74) is 4.57. The van der Waals surface area contributed by atoms with Crippen molar-refractivity contribution in [2.75, 3.05) is 0 Å². The van der Waals surface area contributed by atoms with Crippen LogP contribution in [0.4, 0.5) is 0 Å². The molecule has 7 heteroatoms. The quantitative estimate of drug-likeness (QED) is 0.649. The van der Waals surface area contributed by atoms with Gasteiger partial charge >= 0.3 is 0 Å². The molecule has 0 spiro atoms. The number of hydrogen-bond donors (Lipinski definition) is 2. The summed E-state index contributed by atoms with van der Waals surface area (Å²) < 4.78 is 1.82. The molecular formula is C13H15Cl3N4. The van der Waals surface area contributed by atoms with Crippen LogP contribution in [0.1, 0.15) is 24.2 Å². The fourth-order valence-corrected chi connectivity index (χ4v) is 2.87. The fraction of sp³-hybridized carbons (Fsp3) is 0.308. The smallest absolute Gasteiger partial charge is 0.0834 e. The largest absolute Gasteiger partial charge is 0.271 e. The van der Waals surface area contributed by atoms with Gasteiger partial charge in [0.15, 0.2) is 0 Å². The minimum atomic E-state index is -0.177. The minimum absolute atomic E-state index is 0.177. The van der Waals surface area contributed by atoms with Gasteiger partial charge in [-0.3, -0.25) is 16.0 Å². The van der Waals surface area contributed by atoms with Crippen LogP contribution in [0.25, 0.3) is 0 Å². The first kappa shape index (κ1) is 15.6. The molecule has 0 bridgehead atoms. The number of hydrogen-bond acceptors (Lipinski definition) is 3. The number of benzene rings is 1. The van der Waals surface area contributed by atoms with E-state index in [-0.39, 0.29) is 6.04 Å². The zero-order valence-electron chi connectivity index (χ0n) is 10.9.